The number of rotatable bonds is 3. The normalized spacial score (nSPS) is 10.6. The molecule has 23 heavy (non-hydrogen) atoms. The molecule has 0 radical (unpaired) electrons. The highest BCUT2D eigenvalue weighted by Crippen LogP contribution is 2.22. The van der Waals surface area contributed by atoms with Gasteiger partial charge < -0.3 is 5.32 Å². The molecule has 0 unspecified atom stereocenters. The Hall–Kier alpha value is -2.51. The van der Waals surface area contributed by atoms with Gasteiger partial charge in [-0.1, -0.05) is 29.3 Å². The summed E-state index contributed by atoms with van der Waals surface area (Å²) in [6.07, 6.45) is 3.49. The van der Waals surface area contributed by atoms with Crippen molar-refractivity contribution in [3.63, 3.8) is 0 Å². The molecule has 0 aliphatic rings. The van der Waals surface area contributed by atoms with Crippen molar-refractivity contribution in [1.29, 1.82) is 0 Å². The van der Waals surface area contributed by atoms with Gasteiger partial charge >= 0.3 is 0 Å². The number of nitrogens with one attached hydrogen (secondary N) is 1. The molecular formula is C14H10Cl2N6O. The van der Waals surface area contributed by atoms with Crippen molar-refractivity contribution in [2.45, 2.75) is 0 Å². The lowest BCUT2D eigenvalue weighted by Gasteiger charge is -2.06. The second-order valence-electron chi connectivity index (χ2n) is 4.64. The molecule has 1 N–H and O–H groups in total. The molecule has 0 fully saturated rings. The molecule has 0 aliphatic heterocycles. The number of carbonyl (C=O) groups excluding carboxylic acids is 1. The van der Waals surface area contributed by atoms with E-state index in [1.807, 2.05) is 13.2 Å². The third kappa shape index (κ3) is 3.46. The van der Waals surface area contributed by atoms with Crippen LogP contribution in [0.4, 0.5) is 5.69 Å². The van der Waals surface area contributed by atoms with Crippen LogP contribution >= 0.6 is 23.2 Å². The Labute approximate surface area is 141 Å². The lowest BCUT2D eigenvalue weighted by Crippen LogP contribution is -2.14. The van der Waals surface area contributed by atoms with Gasteiger partial charge in [-0.3, -0.25) is 9.48 Å². The van der Waals surface area contributed by atoms with Gasteiger partial charge in [-0.05, 0) is 12.1 Å². The average Bonchev–Trinajstić information content (AvgIpc) is 2.97. The third-order valence-corrected chi connectivity index (χ3v) is 3.41. The van der Waals surface area contributed by atoms with Gasteiger partial charge in [0.25, 0.3) is 5.91 Å². The van der Waals surface area contributed by atoms with Gasteiger partial charge in [0.15, 0.2) is 10.3 Å². The predicted octanol–water partition coefficient (Wildman–Crippen LogP) is 2.83. The van der Waals surface area contributed by atoms with E-state index in [9.17, 15) is 4.79 Å². The maximum atomic E-state index is 12.3. The van der Waals surface area contributed by atoms with Crippen molar-refractivity contribution in [1.82, 2.24) is 25.0 Å². The number of halogens is 2. The van der Waals surface area contributed by atoms with Gasteiger partial charge in [-0.25, -0.2) is 4.98 Å². The van der Waals surface area contributed by atoms with Crippen LogP contribution in [0.3, 0.4) is 0 Å². The van der Waals surface area contributed by atoms with E-state index in [0.717, 1.165) is 5.56 Å². The van der Waals surface area contributed by atoms with Crippen LogP contribution in [-0.4, -0.2) is 30.9 Å². The van der Waals surface area contributed by atoms with E-state index < -0.39 is 5.91 Å². The highest BCUT2D eigenvalue weighted by Gasteiger charge is 2.13. The number of nitrogens with zero attached hydrogens (tertiary/aromatic N) is 5. The number of hydrogen-bond acceptors (Lipinski definition) is 5. The molecule has 3 aromatic heterocycles. The lowest BCUT2D eigenvalue weighted by atomic mass is 10.2. The second kappa shape index (κ2) is 6.31. The van der Waals surface area contributed by atoms with Crippen molar-refractivity contribution in [3.8, 4) is 11.3 Å². The molecule has 0 atom stereocenters. The SMILES string of the molecule is Cn1cc(-c2cccc(C(=O)Nc3cc(Cl)nnc3Cl)n2)cn1. The minimum atomic E-state index is -0.429. The largest absolute Gasteiger partial charge is 0.318 e. The molecule has 3 aromatic rings. The molecule has 0 aromatic carbocycles. The maximum absolute atomic E-state index is 12.3. The number of aryl methyl sites for hydroxylation is 1. The first kappa shape index (κ1) is 15.4. The second-order valence-corrected chi connectivity index (χ2v) is 5.38. The number of carbonyl (C=O) groups is 1. The zero-order chi connectivity index (χ0) is 16.4. The molecule has 0 saturated carbocycles. The minimum absolute atomic E-state index is 0.0474. The molecule has 0 spiro atoms. The van der Waals surface area contributed by atoms with Gasteiger partial charge in [-0.15, -0.1) is 10.2 Å². The molecule has 116 valence electrons. The van der Waals surface area contributed by atoms with E-state index in [0.29, 0.717) is 5.69 Å². The Bertz CT molecular complexity index is 879. The first-order valence-corrected chi connectivity index (χ1v) is 7.24. The molecule has 0 bridgehead atoms. The molecule has 1 amide bonds. The first-order chi connectivity index (χ1) is 11.0. The van der Waals surface area contributed by atoms with E-state index in [-0.39, 0.29) is 21.7 Å². The quantitative estimate of drug-likeness (QED) is 0.786. The predicted molar refractivity (Wildman–Crippen MR) is 86.4 cm³/mol. The summed E-state index contributed by atoms with van der Waals surface area (Å²) in [6, 6.07) is 6.55. The molecule has 3 heterocycles. The van der Waals surface area contributed by atoms with Gasteiger partial charge in [-0.2, -0.15) is 5.10 Å². The van der Waals surface area contributed by atoms with Crippen molar-refractivity contribution < 1.29 is 4.79 Å². The van der Waals surface area contributed by atoms with Crippen LogP contribution in [0.2, 0.25) is 10.3 Å². The van der Waals surface area contributed by atoms with E-state index in [1.54, 1.807) is 29.1 Å². The fourth-order valence-electron chi connectivity index (χ4n) is 1.90. The van der Waals surface area contributed by atoms with Crippen molar-refractivity contribution >= 4 is 34.8 Å². The number of amides is 1. The number of pyridine rings is 1. The lowest BCUT2D eigenvalue weighted by molar-refractivity contribution is 0.102. The number of anilines is 1. The molecule has 0 aliphatic carbocycles. The van der Waals surface area contributed by atoms with Crippen LogP contribution in [0.1, 0.15) is 10.5 Å². The van der Waals surface area contributed by atoms with Crippen LogP contribution in [0, 0.1) is 0 Å². The van der Waals surface area contributed by atoms with Crippen molar-refractivity contribution in [3.05, 3.63) is 52.7 Å². The number of aromatic nitrogens is 5. The Morgan fingerprint density at radius 3 is 2.83 bits per heavy atom. The van der Waals surface area contributed by atoms with Crippen LogP contribution in [0.15, 0.2) is 36.7 Å². The Balaban J connectivity index is 1.87. The zero-order valence-corrected chi connectivity index (χ0v) is 13.4. The molecule has 0 saturated heterocycles. The Morgan fingerprint density at radius 1 is 1.26 bits per heavy atom. The maximum Gasteiger partial charge on any atom is 0.274 e. The fourth-order valence-corrected chi connectivity index (χ4v) is 2.19. The minimum Gasteiger partial charge on any atom is -0.318 e. The Morgan fingerprint density at radius 2 is 2.09 bits per heavy atom. The summed E-state index contributed by atoms with van der Waals surface area (Å²) in [5.41, 5.74) is 1.96. The van der Waals surface area contributed by atoms with Gasteiger partial charge in [0.05, 0.1) is 17.6 Å². The molecule has 7 nitrogen and oxygen atoms in total. The molecular weight excluding hydrogens is 339 g/mol. The topological polar surface area (TPSA) is 85.6 Å². The fraction of sp³-hybridized carbons (Fsp3) is 0.0714. The van der Waals surface area contributed by atoms with Crippen LogP contribution in [-0.2, 0) is 7.05 Å². The zero-order valence-electron chi connectivity index (χ0n) is 11.9. The van der Waals surface area contributed by atoms with E-state index >= 15 is 0 Å². The number of hydrogen-bond donors (Lipinski definition) is 1. The highest BCUT2D eigenvalue weighted by atomic mass is 35.5. The monoisotopic (exact) mass is 348 g/mol. The van der Waals surface area contributed by atoms with E-state index in [4.69, 9.17) is 23.2 Å². The Kier molecular flexibility index (Phi) is 4.22. The average molecular weight is 349 g/mol. The van der Waals surface area contributed by atoms with Gasteiger partial charge in [0, 0.05) is 24.9 Å². The summed E-state index contributed by atoms with van der Waals surface area (Å²) in [5.74, 6) is -0.429. The van der Waals surface area contributed by atoms with Crippen molar-refractivity contribution in [2.24, 2.45) is 7.05 Å². The third-order valence-electron chi connectivity index (χ3n) is 2.95. The van der Waals surface area contributed by atoms with Crippen molar-refractivity contribution in [2.75, 3.05) is 5.32 Å². The summed E-state index contributed by atoms with van der Waals surface area (Å²) >= 11 is 11.6. The summed E-state index contributed by atoms with van der Waals surface area (Å²) in [7, 11) is 1.81. The standard InChI is InChI=1S/C14H10Cl2N6O/c1-22-7-8(6-17-22)9-3-2-4-10(18-9)14(23)19-11-5-12(15)20-21-13(11)16/h2-7H,1H3,(H,19,20,23). The van der Waals surface area contributed by atoms with Crippen LogP contribution < -0.4 is 5.32 Å². The molecule has 3 rings (SSSR count). The summed E-state index contributed by atoms with van der Waals surface area (Å²) in [5, 5.41) is 14.1. The first-order valence-electron chi connectivity index (χ1n) is 6.49. The van der Waals surface area contributed by atoms with Gasteiger partial charge in [0.2, 0.25) is 0 Å². The highest BCUT2D eigenvalue weighted by molar-refractivity contribution is 6.34. The molecule has 9 heteroatoms. The van der Waals surface area contributed by atoms with Crippen LogP contribution in [0.5, 0.6) is 0 Å². The van der Waals surface area contributed by atoms with Gasteiger partial charge in [0.1, 0.15) is 5.69 Å². The van der Waals surface area contributed by atoms with Crippen LogP contribution in [0.25, 0.3) is 11.3 Å². The summed E-state index contributed by atoms with van der Waals surface area (Å²) in [6.45, 7) is 0. The van der Waals surface area contributed by atoms with E-state index in [1.165, 1.54) is 6.07 Å². The summed E-state index contributed by atoms with van der Waals surface area (Å²) in [4.78, 5) is 16.6. The van der Waals surface area contributed by atoms with E-state index in [2.05, 4.69) is 25.6 Å². The summed E-state index contributed by atoms with van der Waals surface area (Å²) < 4.78 is 1.66. The smallest absolute Gasteiger partial charge is 0.274 e.